The van der Waals surface area contributed by atoms with Gasteiger partial charge < -0.3 is 14.4 Å². The first kappa shape index (κ1) is 20.9. The van der Waals surface area contributed by atoms with Gasteiger partial charge in [0.1, 0.15) is 6.54 Å². The molecule has 1 fully saturated rings. The van der Waals surface area contributed by atoms with Gasteiger partial charge in [-0.05, 0) is 34.5 Å². The van der Waals surface area contributed by atoms with Gasteiger partial charge in [0.2, 0.25) is 0 Å². The van der Waals surface area contributed by atoms with Crippen LogP contribution in [-0.2, 0) is 11.3 Å². The third-order valence-electron chi connectivity index (χ3n) is 5.58. The van der Waals surface area contributed by atoms with Crippen LogP contribution in [0.4, 0.5) is 0 Å². The van der Waals surface area contributed by atoms with Crippen molar-refractivity contribution in [3.63, 3.8) is 0 Å². The van der Waals surface area contributed by atoms with Gasteiger partial charge in [0.15, 0.2) is 11.5 Å². The maximum absolute atomic E-state index is 11.2. The van der Waals surface area contributed by atoms with Gasteiger partial charge in [-0.15, -0.1) is 0 Å². The van der Waals surface area contributed by atoms with E-state index in [-0.39, 0.29) is 5.97 Å². The first-order chi connectivity index (χ1) is 15.1. The fraction of sp³-hybridized carbons (Fsp3) is 0.280. The number of hydrazone groups is 1. The zero-order chi connectivity index (χ0) is 21.6. The van der Waals surface area contributed by atoms with E-state index in [0.717, 1.165) is 38.3 Å². The highest BCUT2D eigenvalue weighted by molar-refractivity contribution is 5.85. The summed E-state index contributed by atoms with van der Waals surface area (Å²) in [6.45, 7) is 6.34. The van der Waals surface area contributed by atoms with Crippen LogP contribution in [0.15, 0.2) is 65.8 Å². The van der Waals surface area contributed by atoms with Gasteiger partial charge >= 0.3 is 5.97 Å². The molecule has 160 valence electrons. The summed E-state index contributed by atoms with van der Waals surface area (Å²) in [5.74, 6) is 0.560. The molecule has 0 amide bonds. The first-order valence-electron chi connectivity index (χ1n) is 10.6. The van der Waals surface area contributed by atoms with E-state index < -0.39 is 0 Å². The topological polar surface area (TPSA) is 55.6 Å². The van der Waals surface area contributed by atoms with Crippen molar-refractivity contribution in [2.24, 2.45) is 5.10 Å². The van der Waals surface area contributed by atoms with Gasteiger partial charge in [0, 0.05) is 12.5 Å². The van der Waals surface area contributed by atoms with E-state index in [1.807, 2.05) is 18.3 Å². The minimum absolute atomic E-state index is 0.372. The molecule has 3 aromatic carbocycles. The lowest BCUT2D eigenvalue weighted by molar-refractivity contribution is -0.918. The summed E-state index contributed by atoms with van der Waals surface area (Å²) < 4.78 is 10.5. The largest absolute Gasteiger partial charge is 0.493 e. The summed E-state index contributed by atoms with van der Waals surface area (Å²) in [5, 5.41) is 9.41. The maximum atomic E-state index is 11.2. The van der Waals surface area contributed by atoms with Gasteiger partial charge in [0.25, 0.3) is 0 Å². The van der Waals surface area contributed by atoms with Crippen LogP contribution in [-0.4, -0.2) is 50.5 Å². The number of hydrogen-bond acceptors (Lipinski definition) is 5. The summed E-state index contributed by atoms with van der Waals surface area (Å²) >= 11 is 0. The monoisotopic (exact) mass is 418 g/mol. The summed E-state index contributed by atoms with van der Waals surface area (Å²) in [5.41, 5.74) is 2.31. The van der Waals surface area contributed by atoms with Crippen LogP contribution in [0.2, 0.25) is 0 Å². The molecule has 0 atom stereocenters. The van der Waals surface area contributed by atoms with Crippen molar-refractivity contribution in [3.8, 4) is 11.5 Å². The molecule has 6 nitrogen and oxygen atoms in total. The highest BCUT2D eigenvalue weighted by atomic mass is 16.6. The van der Waals surface area contributed by atoms with Crippen LogP contribution >= 0.6 is 0 Å². The van der Waals surface area contributed by atoms with Crippen LogP contribution < -0.4 is 14.4 Å². The lowest BCUT2D eigenvalue weighted by atomic mass is 10.0. The Kier molecular flexibility index (Phi) is 6.48. The van der Waals surface area contributed by atoms with Gasteiger partial charge in [-0.3, -0.25) is 9.80 Å². The summed E-state index contributed by atoms with van der Waals surface area (Å²) in [6, 6.07) is 20.6. The molecular weight excluding hydrogens is 390 g/mol. The Morgan fingerprint density at radius 2 is 1.84 bits per heavy atom. The number of esters is 1. The average molecular weight is 419 g/mol. The third-order valence-corrected chi connectivity index (χ3v) is 5.58. The number of fused-ring (bicyclic) bond motifs is 1. The van der Waals surface area contributed by atoms with Crippen LogP contribution in [0, 0.1) is 0 Å². The molecule has 6 heteroatoms. The number of nitrogens with one attached hydrogen (secondary N) is 1. The van der Waals surface area contributed by atoms with E-state index in [1.165, 1.54) is 23.3 Å². The molecule has 3 aromatic rings. The number of methoxy groups -OCH3 is 1. The third kappa shape index (κ3) is 5.22. The van der Waals surface area contributed by atoms with Crippen LogP contribution in [0.1, 0.15) is 18.1 Å². The molecule has 0 saturated carbocycles. The molecule has 1 aliphatic heterocycles. The summed E-state index contributed by atoms with van der Waals surface area (Å²) in [6.07, 6.45) is 1.83. The van der Waals surface area contributed by atoms with Crippen molar-refractivity contribution in [1.82, 2.24) is 5.01 Å². The van der Waals surface area contributed by atoms with E-state index in [4.69, 9.17) is 9.47 Å². The summed E-state index contributed by atoms with van der Waals surface area (Å²) in [4.78, 5) is 12.8. The van der Waals surface area contributed by atoms with Crippen molar-refractivity contribution < 1.29 is 19.2 Å². The second-order valence-electron chi connectivity index (χ2n) is 7.77. The minimum Gasteiger partial charge on any atom is -0.493 e. The Morgan fingerprint density at radius 3 is 2.61 bits per heavy atom. The molecule has 1 aliphatic rings. The molecule has 4 rings (SSSR count). The molecule has 1 saturated heterocycles. The Bertz CT molecular complexity index is 1080. The van der Waals surface area contributed by atoms with Crippen LogP contribution in [0.3, 0.4) is 0 Å². The number of carbonyl (C=O) groups excluding carboxylic acids is 1. The number of quaternary nitrogens is 1. The number of rotatable bonds is 6. The smallest absolute Gasteiger partial charge is 0.308 e. The van der Waals surface area contributed by atoms with Gasteiger partial charge in [-0.1, -0.05) is 42.5 Å². The lowest BCUT2D eigenvalue weighted by Gasteiger charge is -2.30. The second-order valence-corrected chi connectivity index (χ2v) is 7.77. The second kappa shape index (κ2) is 9.62. The van der Waals surface area contributed by atoms with Crippen molar-refractivity contribution in [2.75, 3.05) is 33.3 Å². The average Bonchev–Trinajstić information content (AvgIpc) is 2.79. The number of carbonyl (C=O) groups is 1. The molecule has 1 N–H and O–H groups in total. The number of ether oxygens (including phenoxy) is 2. The van der Waals surface area contributed by atoms with Gasteiger partial charge in [0.05, 0.1) is 39.5 Å². The Hall–Kier alpha value is -3.38. The number of benzene rings is 3. The Morgan fingerprint density at radius 1 is 1.06 bits per heavy atom. The van der Waals surface area contributed by atoms with Crippen molar-refractivity contribution in [2.45, 2.75) is 13.5 Å². The molecule has 0 unspecified atom stereocenters. The highest BCUT2D eigenvalue weighted by Crippen LogP contribution is 2.27. The quantitative estimate of drug-likeness (QED) is 0.380. The predicted octanol–water partition coefficient (Wildman–Crippen LogP) is 2.51. The Balaban J connectivity index is 1.35. The molecular formula is C25H28N3O3+. The van der Waals surface area contributed by atoms with E-state index in [2.05, 4.69) is 52.6 Å². The van der Waals surface area contributed by atoms with E-state index >= 15 is 0 Å². The van der Waals surface area contributed by atoms with E-state index in [1.54, 1.807) is 18.1 Å². The van der Waals surface area contributed by atoms with Crippen LogP contribution in [0.5, 0.6) is 11.5 Å². The van der Waals surface area contributed by atoms with E-state index in [9.17, 15) is 4.79 Å². The van der Waals surface area contributed by atoms with Crippen molar-refractivity contribution in [1.29, 1.82) is 0 Å². The number of hydrogen-bond donors (Lipinski definition) is 1. The van der Waals surface area contributed by atoms with Crippen molar-refractivity contribution in [3.05, 3.63) is 71.8 Å². The lowest BCUT2D eigenvalue weighted by Crippen LogP contribution is -3.13. The fourth-order valence-corrected chi connectivity index (χ4v) is 3.97. The van der Waals surface area contributed by atoms with Gasteiger partial charge in [-0.25, -0.2) is 0 Å². The molecule has 0 aromatic heterocycles. The van der Waals surface area contributed by atoms with Gasteiger partial charge in [-0.2, -0.15) is 5.10 Å². The fourth-order valence-electron chi connectivity index (χ4n) is 3.97. The first-order valence-corrected chi connectivity index (χ1v) is 10.6. The standard InChI is InChI=1S/C25H27N3O3/c1-19(29)31-24-11-10-20(16-25(24)30-2)17-26-28-14-12-27(13-15-28)18-22-8-5-7-21-6-3-4-9-23(21)22/h3-11,16-17H,12-15,18H2,1-2H3/p+1/b26-17-. The Labute approximate surface area is 182 Å². The highest BCUT2D eigenvalue weighted by Gasteiger charge is 2.19. The molecule has 0 aliphatic carbocycles. The van der Waals surface area contributed by atoms with Crippen molar-refractivity contribution >= 4 is 23.0 Å². The summed E-state index contributed by atoms with van der Waals surface area (Å²) in [7, 11) is 1.56. The SMILES string of the molecule is COc1cc(/C=N\N2CC[NH+](Cc3cccc4ccccc34)CC2)ccc1OC(C)=O. The normalized spacial score (nSPS) is 14.8. The molecule has 0 radical (unpaired) electrons. The predicted molar refractivity (Wildman–Crippen MR) is 122 cm³/mol. The molecule has 31 heavy (non-hydrogen) atoms. The number of piperazine rings is 1. The zero-order valence-corrected chi connectivity index (χ0v) is 18.0. The minimum atomic E-state index is -0.372. The zero-order valence-electron chi connectivity index (χ0n) is 18.0. The van der Waals surface area contributed by atoms with Crippen LogP contribution in [0.25, 0.3) is 10.8 Å². The molecule has 0 spiro atoms. The number of nitrogens with zero attached hydrogens (tertiary/aromatic N) is 2. The van der Waals surface area contributed by atoms with E-state index in [0.29, 0.717) is 11.5 Å². The maximum Gasteiger partial charge on any atom is 0.308 e. The molecule has 1 heterocycles. The molecule has 0 bridgehead atoms.